The normalized spacial score (nSPS) is 21.1. The zero-order valence-corrected chi connectivity index (χ0v) is 10.7. The minimum Gasteiger partial charge on any atom is -0.310 e. The van der Waals surface area contributed by atoms with Crippen LogP contribution in [-0.4, -0.2) is 21.0 Å². The molecule has 0 bridgehead atoms. The average molecular weight is 270 g/mol. The van der Waals surface area contributed by atoms with E-state index >= 15 is 0 Å². The van der Waals surface area contributed by atoms with E-state index in [4.69, 9.17) is 11.6 Å². The molecule has 3 nitrogen and oxygen atoms in total. The maximum atomic E-state index is 11.9. The van der Waals surface area contributed by atoms with Gasteiger partial charge in [0.15, 0.2) is 0 Å². The van der Waals surface area contributed by atoms with E-state index in [0.717, 1.165) is 11.1 Å². The molecule has 90 valence electrons. The van der Waals surface area contributed by atoms with Crippen LogP contribution in [0.15, 0.2) is 28.5 Å². The number of rotatable bonds is 3. The van der Waals surface area contributed by atoms with Crippen molar-refractivity contribution in [1.29, 1.82) is 0 Å². The second-order valence-electron chi connectivity index (χ2n) is 4.48. The molecule has 0 amide bonds. The molecular weight excluding hydrogens is 258 g/mol. The molecule has 0 unspecified atom stereocenters. The van der Waals surface area contributed by atoms with Gasteiger partial charge in [-0.3, -0.25) is 0 Å². The first-order chi connectivity index (χ1) is 8.06. The molecule has 17 heavy (non-hydrogen) atoms. The number of hydrogen-bond donors (Lipinski definition) is 1. The largest absolute Gasteiger partial charge is 0.310 e. The first-order valence-electron chi connectivity index (χ1n) is 5.55. The van der Waals surface area contributed by atoms with Crippen LogP contribution in [0, 0.1) is 0 Å². The van der Waals surface area contributed by atoms with Crippen LogP contribution < -0.4 is 5.32 Å². The highest BCUT2D eigenvalue weighted by molar-refractivity contribution is 7.95. The lowest BCUT2D eigenvalue weighted by atomic mass is 10.1. The summed E-state index contributed by atoms with van der Waals surface area (Å²) in [6.07, 6.45) is 2.38. The summed E-state index contributed by atoms with van der Waals surface area (Å²) in [7, 11) is -3.29. The fourth-order valence-corrected chi connectivity index (χ4v) is 3.74. The molecule has 3 rings (SSSR count). The third-order valence-electron chi connectivity index (χ3n) is 3.05. The molecule has 0 saturated heterocycles. The van der Waals surface area contributed by atoms with Gasteiger partial charge in [-0.15, -0.1) is 0 Å². The first kappa shape index (κ1) is 11.3. The molecule has 1 aromatic carbocycles. The van der Waals surface area contributed by atoms with Crippen molar-refractivity contribution in [2.45, 2.75) is 23.8 Å². The standard InChI is InChI=1S/C12H12ClNO2S/c13-9-1-4-11-8(6-14-10-2-3-10)7-17(15,16)12(11)5-9/h1,4-5,7,10,14H,2-3,6H2. The van der Waals surface area contributed by atoms with Crippen LogP contribution in [0.1, 0.15) is 18.4 Å². The summed E-state index contributed by atoms with van der Waals surface area (Å²) in [6, 6.07) is 5.59. The van der Waals surface area contributed by atoms with Gasteiger partial charge >= 0.3 is 0 Å². The van der Waals surface area contributed by atoms with Crippen LogP contribution in [0.4, 0.5) is 0 Å². The maximum absolute atomic E-state index is 11.9. The van der Waals surface area contributed by atoms with Crippen LogP contribution in [0.3, 0.4) is 0 Å². The molecule has 0 radical (unpaired) electrons. The number of benzene rings is 1. The molecule has 0 atom stereocenters. The monoisotopic (exact) mass is 269 g/mol. The molecule has 1 aliphatic heterocycles. The third kappa shape index (κ3) is 2.12. The molecule has 0 aromatic heterocycles. The van der Waals surface area contributed by atoms with Crippen molar-refractivity contribution < 1.29 is 8.42 Å². The molecule has 0 spiro atoms. The van der Waals surface area contributed by atoms with E-state index < -0.39 is 9.84 Å². The van der Waals surface area contributed by atoms with E-state index in [-0.39, 0.29) is 0 Å². The Labute approximate surface area is 105 Å². The van der Waals surface area contributed by atoms with Crippen molar-refractivity contribution in [3.8, 4) is 0 Å². The molecule has 1 heterocycles. The van der Waals surface area contributed by atoms with Gasteiger partial charge in [-0.1, -0.05) is 17.7 Å². The van der Waals surface area contributed by atoms with Crippen LogP contribution >= 0.6 is 11.6 Å². The van der Waals surface area contributed by atoms with Crippen LogP contribution in [-0.2, 0) is 9.84 Å². The Morgan fingerprint density at radius 2 is 2.12 bits per heavy atom. The Hall–Kier alpha value is -0.840. The van der Waals surface area contributed by atoms with Gasteiger partial charge in [0, 0.05) is 23.0 Å². The van der Waals surface area contributed by atoms with E-state index in [2.05, 4.69) is 5.32 Å². The smallest absolute Gasteiger partial charge is 0.200 e. The zero-order chi connectivity index (χ0) is 12.0. The summed E-state index contributed by atoms with van der Waals surface area (Å²) in [4.78, 5) is 0.331. The lowest BCUT2D eigenvalue weighted by molar-refractivity contribution is 0.605. The Kier molecular flexibility index (Phi) is 2.54. The van der Waals surface area contributed by atoms with Gasteiger partial charge < -0.3 is 5.32 Å². The molecule has 1 saturated carbocycles. The lowest BCUT2D eigenvalue weighted by Crippen LogP contribution is -2.18. The molecule has 2 aliphatic rings. The molecule has 5 heteroatoms. The van der Waals surface area contributed by atoms with Crippen molar-refractivity contribution >= 4 is 27.0 Å². The highest BCUT2D eigenvalue weighted by Crippen LogP contribution is 2.35. The van der Waals surface area contributed by atoms with Crippen molar-refractivity contribution in [3.05, 3.63) is 34.2 Å². The summed E-state index contributed by atoms with van der Waals surface area (Å²) in [5.74, 6) is 0. The minimum absolute atomic E-state index is 0.331. The third-order valence-corrected chi connectivity index (χ3v) is 4.83. The molecule has 1 fully saturated rings. The molecule has 1 N–H and O–H groups in total. The number of sulfone groups is 1. The van der Waals surface area contributed by atoms with Gasteiger partial charge in [0.05, 0.1) is 4.90 Å². The predicted octanol–water partition coefficient (Wildman–Crippen LogP) is 2.22. The number of hydrogen-bond acceptors (Lipinski definition) is 3. The molecule has 1 aromatic rings. The lowest BCUT2D eigenvalue weighted by Gasteiger charge is -2.05. The van der Waals surface area contributed by atoms with E-state index in [1.807, 2.05) is 0 Å². The quantitative estimate of drug-likeness (QED) is 0.915. The molecular formula is C12H12ClNO2S. The second kappa shape index (κ2) is 3.83. The summed E-state index contributed by atoms with van der Waals surface area (Å²) in [5, 5.41) is 5.13. The first-order valence-corrected chi connectivity index (χ1v) is 7.48. The summed E-state index contributed by atoms with van der Waals surface area (Å²) < 4.78 is 23.8. The summed E-state index contributed by atoms with van der Waals surface area (Å²) in [5.41, 5.74) is 1.62. The predicted molar refractivity (Wildman–Crippen MR) is 67.6 cm³/mol. The van der Waals surface area contributed by atoms with E-state index in [9.17, 15) is 8.42 Å². The van der Waals surface area contributed by atoms with E-state index in [1.165, 1.54) is 24.3 Å². The van der Waals surface area contributed by atoms with Crippen LogP contribution in [0.2, 0.25) is 5.02 Å². The Balaban J connectivity index is 1.96. The van der Waals surface area contributed by atoms with Crippen molar-refractivity contribution in [2.24, 2.45) is 0 Å². The summed E-state index contributed by atoms with van der Waals surface area (Å²) in [6.45, 7) is 0.610. The second-order valence-corrected chi connectivity index (χ2v) is 6.69. The highest BCUT2D eigenvalue weighted by Gasteiger charge is 2.28. The van der Waals surface area contributed by atoms with Gasteiger partial charge in [-0.2, -0.15) is 0 Å². The SMILES string of the molecule is O=S1(=O)C=C(CNC2CC2)c2ccc(Cl)cc21. The number of halogens is 1. The van der Waals surface area contributed by atoms with Gasteiger partial charge in [0.2, 0.25) is 9.84 Å². The Morgan fingerprint density at radius 1 is 1.35 bits per heavy atom. The van der Waals surface area contributed by atoms with Crippen molar-refractivity contribution in [2.75, 3.05) is 6.54 Å². The maximum Gasteiger partial charge on any atom is 0.200 e. The van der Waals surface area contributed by atoms with Gasteiger partial charge in [0.1, 0.15) is 0 Å². The van der Waals surface area contributed by atoms with Crippen molar-refractivity contribution in [1.82, 2.24) is 5.32 Å². The van der Waals surface area contributed by atoms with E-state index in [0.29, 0.717) is 22.5 Å². The van der Waals surface area contributed by atoms with Gasteiger partial charge in [-0.05, 0) is 36.1 Å². The van der Waals surface area contributed by atoms with Crippen LogP contribution in [0.25, 0.3) is 5.57 Å². The molecule has 1 aliphatic carbocycles. The van der Waals surface area contributed by atoms with Gasteiger partial charge in [0.25, 0.3) is 0 Å². The Morgan fingerprint density at radius 3 is 2.82 bits per heavy atom. The fraction of sp³-hybridized carbons (Fsp3) is 0.333. The zero-order valence-electron chi connectivity index (χ0n) is 9.11. The minimum atomic E-state index is -3.29. The number of fused-ring (bicyclic) bond motifs is 1. The van der Waals surface area contributed by atoms with Crippen LogP contribution in [0.5, 0.6) is 0 Å². The van der Waals surface area contributed by atoms with E-state index in [1.54, 1.807) is 12.1 Å². The topological polar surface area (TPSA) is 46.2 Å². The Bertz CT molecular complexity index is 603. The van der Waals surface area contributed by atoms with Gasteiger partial charge in [-0.25, -0.2) is 8.42 Å². The fourth-order valence-electron chi connectivity index (χ4n) is 1.99. The highest BCUT2D eigenvalue weighted by atomic mass is 35.5. The average Bonchev–Trinajstić information content (AvgIpc) is 3.04. The van der Waals surface area contributed by atoms with Crippen molar-refractivity contribution in [3.63, 3.8) is 0 Å². The number of nitrogens with one attached hydrogen (secondary N) is 1. The summed E-state index contributed by atoms with van der Waals surface area (Å²) >= 11 is 5.83.